The van der Waals surface area contributed by atoms with Gasteiger partial charge >= 0.3 is 6.18 Å². The summed E-state index contributed by atoms with van der Waals surface area (Å²) in [5.41, 5.74) is -0.903. The van der Waals surface area contributed by atoms with Crippen LogP contribution >= 0.6 is 0 Å². The van der Waals surface area contributed by atoms with Gasteiger partial charge in [-0.25, -0.2) is 4.98 Å². The van der Waals surface area contributed by atoms with Gasteiger partial charge in [-0.1, -0.05) is 13.2 Å². The molecule has 0 aliphatic carbocycles. The van der Waals surface area contributed by atoms with E-state index < -0.39 is 23.7 Å². The molecule has 9 heteroatoms. The number of nitrogens with zero attached hydrogens (tertiary/aromatic N) is 4. The van der Waals surface area contributed by atoms with E-state index in [0.29, 0.717) is 6.54 Å². The van der Waals surface area contributed by atoms with Gasteiger partial charge in [0.05, 0.1) is 17.8 Å². The van der Waals surface area contributed by atoms with Crippen molar-refractivity contribution in [2.24, 2.45) is 0 Å². The number of pyridine rings is 1. The van der Waals surface area contributed by atoms with Gasteiger partial charge in [0.2, 0.25) is 5.91 Å². The summed E-state index contributed by atoms with van der Waals surface area (Å²) in [5.74, 6) is -0.489. The zero-order valence-electron chi connectivity index (χ0n) is 13.2. The number of rotatable bonds is 2. The molecule has 2 aliphatic heterocycles. The minimum Gasteiger partial charge on any atom is -0.339 e. The number of hydrogen-bond acceptors (Lipinski definition) is 4. The standard InChI is InChI=1S/C16H15F3N4O2/c1-3-13(24)21-5-6-23-12(9-21)15(25)22(4-2)11-7-10(16(17,18)19)8-20-14(11)23/h3-4,7-8,12H,1-2,5-6,9H2/t12-/m1/s1. The van der Waals surface area contributed by atoms with Crippen LogP contribution < -0.4 is 9.80 Å². The van der Waals surface area contributed by atoms with E-state index in [4.69, 9.17) is 0 Å². The van der Waals surface area contributed by atoms with E-state index in [0.717, 1.165) is 29.4 Å². The van der Waals surface area contributed by atoms with Crippen molar-refractivity contribution in [1.29, 1.82) is 0 Å². The summed E-state index contributed by atoms with van der Waals surface area (Å²) in [6.45, 7) is 7.65. The molecule has 0 N–H and O–H groups in total. The summed E-state index contributed by atoms with van der Waals surface area (Å²) in [6, 6.07) is 0.159. The maximum absolute atomic E-state index is 13.0. The molecular weight excluding hydrogens is 337 g/mol. The zero-order chi connectivity index (χ0) is 18.4. The number of halogens is 3. The number of aromatic nitrogens is 1. The van der Waals surface area contributed by atoms with Crippen LogP contribution in [0.5, 0.6) is 0 Å². The van der Waals surface area contributed by atoms with Crippen LogP contribution in [0.25, 0.3) is 0 Å². The molecule has 1 aromatic rings. The van der Waals surface area contributed by atoms with Crippen molar-refractivity contribution < 1.29 is 22.8 Å². The van der Waals surface area contributed by atoms with Crippen molar-refractivity contribution in [2.75, 3.05) is 29.4 Å². The lowest BCUT2D eigenvalue weighted by Crippen LogP contribution is -2.62. The van der Waals surface area contributed by atoms with Crippen LogP contribution in [0.15, 0.2) is 37.7 Å². The average Bonchev–Trinajstić information content (AvgIpc) is 2.60. The number of alkyl halides is 3. The van der Waals surface area contributed by atoms with Crippen LogP contribution in [0, 0.1) is 0 Å². The number of anilines is 2. The number of carbonyl (C=O) groups is 2. The molecule has 132 valence electrons. The fourth-order valence-electron chi connectivity index (χ4n) is 3.04. The molecule has 3 rings (SSSR count). The first-order valence-electron chi connectivity index (χ1n) is 7.48. The van der Waals surface area contributed by atoms with Gasteiger partial charge in [-0.05, 0) is 12.1 Å². The first kappa shape index (κ1) is 17.0. The van der Waals surface area contributed by atoms with E-state index in [9.17, 15) is 22.8 Å². The molecule has 25 heavy (non-hydrogen) atoms. The molecular formula is C16H15F3N4O2. The lowest BCUT2D eigenvalue weighted by atomic mass is 10.0. The third-order valence-electron chi connectivity index (χ3n) is 4.28. The highest BCUT2D eigenvalue weighted by Gasteiger charge is 2.43. The first-order valence-corrected chi connectivity index (χ1v) is 7.48. The molecule has 0 unspecified atom stereocenters. The molecule has 1 aromatic heterocycles. The minimum atomic E-state index is -4.57. The van der Waals surface area contributed by atoms with Crippen molar-refractivity contribution >= 4 is 23.3 Å². The van der Waals surface area contributed by atoms with E-state index in [1.165, 1.54) is 4.90 Å². The van der Waals surface area contributed by atoms with Crippen molar-refractivity contribution in [3.63, 3.8) is 0 Å². The SMILES string of the molecule is C=CC(=O)N1CCN2c3ncc(C(F)(F)F)cc3N(C=C)C(=O)[C@H]2C1. The highest BCUT2D eigenvalue weighted by molar-refractivity contribution is 6.06. The zero-order valence-corrected chi connectivity index (χ0v) is 13.2. The van der Waals surface area contributed by atoms with Gasteiger partial charge in [0, 0.05) is 25.5 Å². The molecule has 0 aromatic carbocycles. The van der Waals surface area contributed by atoms with Gasteiger partial charge in [0.1, 0.15) is 6.04 Å². The predicted molar refractivity (Wildman–Crippen MR) is 84.8 cm³/mol. The monoisotopic (exact) mass is 352 g/mol. The van der Waals surface area contributed by atoms with Gasteiger partial charge in [0.15, 0.2) is 5.82 Å². The topological polar surface area (TPSA) is 56.8 Å². The molecule has 6 nitrogen and oxygen atoms in total. The second kappa shape index (κ2) is 5.91. The molecule has 2 amide bonds. The summed E-state index contributed by atoms with van der Waals surface area (Å²) in [7, 11) is 0. The van der Waals surface area contributed by atoms with Crippen molar-refractivity contribution in [3.8, 4) is 0 Å². The maximum atomic E-state index is 13.0. The Hall–Kier alpha value is -2.84. The summed E-state index contributed by atoms with van der Waals surface area (Å²) in [6.07, 6.45) is -1.50. The Morgan fingerprint density at radius 1 is 1.32 bits per heavy atom. The summed E-state index contributed by atoms with van der Waals surface area (Å²) in [5, 5.41) is 0. The molecule has 0 spiro atoms. The number of amides is 2. The van der Waals surface area contributed by atoms with Crippen LogP contribution in [-0.4, -0.2) is 47.4 Å². The lowest BCUT2D eigenvalue weighted by Gasteiger charge is -2.46. The lowest BCUT2D eigenvalue weighted by molar-refractivity contribution is -0.138. The molecule has 0 radical (unpaired) electrons. The first-order chi connectivity index (χ1) is 11.8. The van der Waals surface area contributed by atoms with Crippen molar-refractivity contribution in [1.82, 2.24) is 9.88 Å². The van der Waals surface area contributed by atoms with E-state index in [1.54, 1.807) is 4.90 Å². The Balaban J connectivity index is 2.03. The van der Waals surface area contributed by atoms with E-state index in [2.05, 4.69) is 18.1 Å². The third kappa shape index (κ3) is 2.75. The Kier molecular flexibility index (Phi) is 4.02. The molecule has 1 saturated heterocycles. The predicted octanol–water partition coefficient (Wildman–Crippen LogP) is 1.79. The van der Waals surface area contributed by atoms with Crippen LogP contribution in [0.2, 0.25) is 0 Å². The maximum Gasteiger partial charge on any atom is 0.417 e. The Bertz CT molecular complexity index is 762. The Morgan fingerprint density at radius 3 is 2.64 bits per heavy atom. The fraction of sp³-hybridized carbons (Fsp3) is 0.312. The van der Waals surface area contributed by atoms with Gasteiger partial charge in [-0.3, -0.25) is 14.5 Å². The number of fused-ring (bicyclic) bond motifs is 3. The van der Waals surface area contributed by atoms with E-state index in [1.807, 2.05) is 0 Å². The van der Waals surface area contributed by atoms with Crippen LogP contribution in [0.4, 0.5) is 24.7 Å². The van der Waals surface area contributed by atoms with Gasteiger partial charge in [0.25, 0.3) is 5.91 Å². The molecule has 1 fully saturated rings. The minimum absolute atomic E-state index is 0.0366. The van der Waals surface area contributed by atoms with Gasteiger partial charge < -0.3 is 9.80 Å². The van der Waals surface area contributed by atoms with Crippen molar-refractivity contribution in [2.45, 2.75) is 12.2 Å². The largest absolute Gasteiger partial charge is 0.417 e. The molecule has 0 saturated carbocycles. The highest BCUT2D eigenvalue weighted by Crippen LogP contribution is 2.40. The highest BCUT2D eigenvalue weighted by atomic mass is 19.4. The summed E-state index contributed by atoms with van der Waals surface area (Å²) < 4.78 is 38.9. The molecule has 3 heterocycles. The summed E-state index contributed by atoms with van der Waals surface area (Å²) in [4.78, 5) is 32.6. The molecule has 2 aliphatic rings. The van der Waals surface area contributed by atoms with Crippen LogP contribution in [0.3, 0.4) is 0 Å². The number of carbonyl (C=O) groups excluding carboxylic acids is 2. The second-order valence-corrected chi connectivity index (χ2v) is 5.65. The second-order valence-electron chi connectivity index (χ2n) is 5.65. The fourth-order valence-corrected chi connectivity index (χ4v) is 3.04. The number of hydrogen-bond donors (Lipinski definition) is 0. The average molecular weight is 352 g/mol. The smallest absolute Gasteiger partial charge is 0.339 e. The van der Waals surface area contributed by atoms with Crippen LogP contribution in [-0.2, 0) is 15.8 Å². The Morgan fingerprint density at radius 2 is 2.04 bits per heavy atom. The van der Waals surface area contributed by atoms with Crippen molar-refractivity contribution in [3.05, 3.63) is 43.3 Å². The van der Waals surface area contributed by atoms with Gasteiger partial charge in [-0.15, -0.1) is 0 Å². The molecule has 1 atom stereocenters. The summed E-state index contributed by atoms with van der Waals surface area (Å²) >= 11 is 0. The number of piperazine rings is 1. The van der Waals surface area contributed by atoms with E-state index in [-0.39, 0.29) is 30.5 Å². The Labute approximate surface area is 141 Å². The van der Waals surface area contributed by atoms with E-state index >= 15 is 0 Å². The molecule has 0 bridgehead atoms. The van der Waals surface area contributed by atoms with Crippen LogP contribution in [0.1, 0.15) is 5.56 Å². The van der Waals surface area contributed by atoms with Gasteiger partial charge in [-0.2, -0.15) is 13.2 Å². The third-order valence-corrected chi connectivity index (χ3v) is 4.28. The normalized spacial score (nSPS) is 20.0. The quantitative estimate of drug-likeness (QED) is 0.762.